The van der Waals surface area contributed by atoms with Crippen LogP contribution in [0.1, 0.15) is 26.2 Å². The summed E-state index contributed by atoms with van der Waals surface area (Å²) in [5, 5.41) is 4.92. The topological polar surface area (TPSA) is 78.6 Å². The molecular formula is C10H23NO4S. The van der Waals surface area contributed by atoms with E-state index < -0.39 is 10.0 Å². The van der Waals surface area contributed by atoms with Crippen molar-refractivity contribution in [2.45, 2.75) is 26.2 Å². The molecule has 0 fully saturated rings. The van der Waals surface area contributed by atoms with E-state index in [0.29, 0.717) is 32.2 Å². The molecule has 0 saturated heterocycles. The van der Waals surface area contributed by atoms with Gasteiger partial charge in [-0.05, 0) is 25.2 Å². The Bertz CT molecular complexity index is 254. The first-order chi connectivity index (χ1) is 7.45. The van der Waals surface area contributed by atoms with Crippen LogP contribution in [0.2, 0.25) is 0 Å². The van der Waals surface area contributed by atoms with Gasteiger partial charge in [0, 0.05) is 26.9 Å². The van der Waals surface area contributed by atoms with Gasteiger partial charge in [-0.1, -0.05) is 6.92 Å². The van der Waals surface area contributed by atoms with Gasteiger partial charge in [-0.3, -0.25) is 0 Å². The molecule has 0 bridgehead atoms. The van der Waals surface area contributed by atoms with Crippen molar-refractivity contribution < 1.29 is 17.9 Å². The van der Waals surface area contributed by atoms with Gasteiger partial charge in [0.1, 0.15) is 0 Å². The van der Waals surface area contributed by atoms with Crippen LogP contribution in [-0.4, -0.2) is 41.1 Å². The third kappa shape index (κ3) is 11.9. The first-order valence-electron chi connectivity index (χ1n) is 5.53. The van der Waals surface area contributed by atoms with Crippen LogP contribution in [0, 0.1) is 5.92 Å². The highest BCUT2D eigenvalue weighted by atomic mass is 32.2. The molecule has 0 aliphatic heterocycles. The molecule has 0 aromatic carbocycles. The summed E-state index contributed by atoms with van der Waals surface area (Å²) in [6, 6.07) is 0. The van der Waals surface area contributed by atoms with Crippen LogP contribution >= 0.6 is 0 Å². The van der Waals surface area contributed by atoms with Crippen molar-refractivity contribution in [3.8, 4) is 0 Å². The van der Waals surface area contributed by atoms with Crippen molar-refractivity contribution in [3.63, 3.8) is 0 Å². The lowest BCUT2D eigenvalue weighted by atomic mass is 10.1. The van der Waals surface area contributed by atoms with Crippen molar-refractivity contribution in [3.05, 3.63) is 0 Å². The second-order valence-electron chi connectivity index (χ2n) is 4.01. The summed E-state index contributed by atoms with van der Waals surface area (Å²) in [5.74, 6) is 0.374. The quantitative estimate of drug-likeness (QED) is 0.583. The van der Waals surface area contributed by atoms with Gasteiger partial charge in [0.2, 0.25) is 10.0 Å². The van der Waals surface area contributed by atoms with Crippen LogP contribution < -0.4 is 5.14 Å². The van der Waals surface area contributed by atoms with Gasteiger partial charge in [-0.2, -0.15) is 0 Å². The maximum Gasteiger partial charge on any atom is 0.209 e. The van der Waals surface area contributed by atoms with Gasteiger partial charge in [0.25, 0.3) is 0 Å². The Morgan fingerprint density at radius 2 is 1.88 bits per heavy atom. The molecule has 0 aromatic heterocycles. The number of primary sulfonamides is 1. The van der Waals surface area contributed by atoms with Crippen molar-refractivity contribution in [2.24, 2.45) is 11.1 Å². The SMILES string of the molecule is COCCCOCCC(C)CCS(N)(=O)=O. The Labute approximate surface area is 98.4 Å². The average molecular weight is 253 g/mol. The Balaban J connectivity index is 3.34. The van der Waals surface area contributed by atoms with Crippen molar-refractivity contribution >= 4 is 10.0 Å². The van der Waals surface area contributed by atoms with Gasteiger partial charge < -0.3 is 9.47 Å². The molecule has 0 saturated carbocycles. The number of sulfonamides is 1. The predicted molar refractivity (Wildman–Crippen MR) is 63.7 cm³/mol. The Kier molecular flexibility index (Phi) is 8.83. The standard InChI is InChI=1S/C10H23NO4S/c1-10(5-9-16(11,12)13)4-8-15-7-3-6-14-2/h10H,3-9H2,1-2H3,(H2,11,12,13). The number of methoxy groups -OCH3 is 1. The molecule has 0 amide bonds. The number of rotatable bonds is 10. The minimum atomic E-state index is -3.32. The van der Waals surface area contributed by atoms with E-state index in [1.165, 1.54) is 0 Å². The summed E-state index contributed by atoms with van der Waals surface area (Å²) >= 11 is 0. The fraction of sp³-hybridized carbons (Fsp3) is 1.00. The van der Waals surface area contributed by atoms with Crippen LogP contribution in [0.15, 0.2) is 0 Å². The summed E-state index contributed by atoms with van der Waals surface area (Å²) in [6.45, 7) is 4.07. The first-order valence-corrected chi connectivity index (χ1v) is 7.24. The fourth-order valence-corrected chi connectivity index (χ4v) is 1.93. The molecule has 1 atom stereocenters. The second-order valence-corrected chi connectivity index (χ2v) is 5.74. The van der Waals surface area contributed by atoms with E-state index in [2.05, 4.69) is 0 Å². The minimum absolute atomic E-state index is 0.0534. The summed E-state index contributed by atoms with van der Waals surface area (Å²) in [7, 11) is -1.66. The average Bonchev–Trinajstić information content (AvgIpc) is 2.19. The van der Waals surface area contributed by atoms with Crippen LogP contribution in [0.4, 0.5) is 0 Å². The van der Waals surface area contributed by atoms with E-state index in [0.717, 1.165) is 12.8 Å². The molecule has 0 radical (unpaired) electrons. The van der Waals surface area contributed by atoms with E-state index in [1.54, 1.807) is 7.11 Å². The molecule has 0 aliphatic carbocycles. The molecular weight excluding hydrogens is 230 g/mol. The second kappa shape index (κ2) is 8.92. The Morgan fingerprint density at radius 3 is 2.44 bits per heavy atom. The zero-order valence-corrected chi connectivity index (χ0v) is 11.0. The van der Waals surface area contributed by atoms with Crippen molar-refractivity contribution in [1.29, 1.82) is 0 Å². The number of hydrogen-bond donors (Lipinski definition) is 1. The summed E-state index contributed by atoms with van der Waals surface area (Å²) in [4.78, 5) is 0. The smallest absolute Gasteiger partial charge is 0.209 e. The van der Waals surface area contributed by atoms with Crippen molar-refractivity contribution in [2.75, 3.05) is 32.7 Å². The highest BCUT2D eigenvalue weighted by Gasteiger charge is 2.07. The predicted octanol–water partition coefficient (Wildman–Crippen LogP) is 0.744. The number of nitrogens with two attached hydrogens (primary N) is 1. The summed E-state index contributed by atoms with van der Waals surface area (Å²) in [5.41, 5.74) is 0. The summed E-state index contributed by atoms with van der Waals surface area (Å²) in [6.07, 6.45) is 2.35. The molecule has 0 rings (SSSR count). The summed E-state index contributed by atoms with van der Waals surface area (Å²) < 4.78 is 31.7. The molecule has 6 heteroatoms. The lowest BCUT2D eigenvalue weighted by Gasteiger charge is -2.10. The number of ether oxygens (including phenoxy) is 2. The van der Waals surface area contributed by atoms with E-state index in [9.17, 15) is 8.42 Å². The fourth-order valence-electron chi connectivity index (χ4n) is 1.20. The van der Waals surface area contributed by atoms with E-state index in [4.69, 9.17) is 14.6 Å². The Morgan fingerprint density at radius 1 is 1.19 bits per heavy atom. The zero-order chi connectivity index (χ0) is 12.4. The third-order valence-electron chi connectivity index (χ3n) is 2.29. The van der Waals surface area contributed by atoms with Gasteiger partial charge in [-0.15, -0.1) is 0 Å². The monoisotopic (exact) mass is 253 g/mol. The molecule has 0 aliphatic rings. The lowest BCUT2D eigenvalue weighted by molar-refractivity contribution is 0.0947. The van der Waals surface area contributed by atoms with Gasteiger partial charge >= 0.3 is 0 Å². The van der Waals surface area contributed by atoms with Crippen LogP contribution in [-0.2, 0) is 19.5 Å². The highest BCUT2D eigenvalue weighted by molar-refractivity contribution is 7.89. The molecule has 2 N–H and O–H groups in total. The van der Waals surface area contributed by atoms with E-state index in [-0.39, 0.29) is 5.75 Å². The van der Waals surface area contributed by atoms with Crippen LogP contribution in [0.25, 0.3) is 0 Å². The largest absolute Gasteiger partial charge is 0.385 e. The maximum absolute atomic E-state index is 10.7. The normalized spacial score (nSPS) is 13.9. The Hall–Kier alpha value is -0.170. The van der Waals surface area contributed by atoms with Crippen LogP contribution in [0.3, 0.4) is 0 Å². The molecule has 0 heterocycles. The number of hydrogen-bond acceptors (Lipinski definition) is 4. The van der Waals surface area contributed by atoms with E-state index in [1.807, 2.05) is 6.92 Å². The molecule has 5 nitrogen and oxygen atoms in total. The van der Waals surface area contributed by atoms with Crippen LogP contribution in [0.5, 0.6) is 0 Å². The van der Waals surface area contributed by atoms with Gasteiger partial charge in [0.15, 0.2) is 0 Å². The first kappa shape index (κ1) is 15.8. The molecule has 0 aromatic rings. The zero-order valence-electron chi connectivity index (χ0n) is 10.1. The third-order valence-corrected chi connectivity index (χ3v) is 3.09. The van der Waals surface area contributed by atoms with Crippen molar-refractivity contribution in [1.82, 2.24) is 0 Å². The molecule has 0 spiro atoms. The molecule has 1 unspecified atom stereocenters. The minimum Gasteiger partial charge on any atom is -0.385 e. The molecule has 98 valence electrons. The van der Waals surface area contributed by atoms with E-state index >= 15 is 0 Å². The molecule has 16 heavy (non-hydrogen) atoms. The van der Waals surface area contributed by atoms with Gasteiger partial charge in [0.05, 0.1) is 5.75 Å². The maximum atomic E-state index is 10.7. The highest BCUT2D eigenvalue weighted by Crippen LogP contribution is 2.08. The lowest BCUT2D eigenvalue weighted by Crippen LogP contribution is -2.18. The van der Waals surface area contributed by atoms with Gasteiger partial charge in [-0.25, -0.2) is 13.6 Å².